The number of hydrogen-bond donors (Lipinski definition) is 2. The summed E-state index contributed by atoms with van der Waals surface area (Å²) in [7, 11) is 3.90. The molecule has 0 aliphatic carbocycles. The number of hydrogen-bond acceptors (Lipinski definition) is 5. The number of benzene rings is 1. The summed E-state index contributed by atoms with van der Waals surface area (Å²) in [6, 6.07) is 0.496. The number of rotatable bonds is 6. The van der Waals surface area contributed by atoms with Gasteiger partial charge in [-0.15, -0.1) is 0 Å². The smallest absolute Gasteiger partial charge is 0.305 e. The molecule has 0 radical (unpaired) electrons. The van der Waals surface area contributed by atoms with Gasteiger partial charge >= 0.3 is 5.97 Å². The van der Waals surface area contributed by atoms with Crippen molar-refractivity contribution in [3.8, 4) is 17.2 Å². The summed E-state index contributed by atoms with van der Waals surface area (Å²) in [6.07, 6.45) is -0.356. The monoisotopic (exact) mass is 273 g/mol. The standard InChI is InChI=1S/C12H16FNO5/c1-17-8-4-6(7(14)5-9(15)16)11(18-2)10(13)12(8)19-3/h4,7H,5,14H2,1-3H3,(H,15,16). The van der Waals surface area contributed by atoms with Crippen molar-refractivity contribution in [2.75, 3.05) is 21.3 Å². The first-order chi connectivity index (χ1) is 8.96. The van der Waals surface area contributed by atoms with E-state index < -0.39 is 17.8 Å². The Morgan fingerprint density at radius 2 is 1.89 bits per heavy atom. The van der Waals surface area contributed by atoms with Gasteiger partial charge in [-0.3, -0.25) is 4.79 Å². The number of halogens is 1. The summed E-state index contributed by atoms with van der Waals surface area (Å²) in [5, 5.41) is 8.73. The number of methoxy groups -OCH3 is 3. The van der Waals surface area contributed by atoms with Gasteiger partial charge in [0, 0.05) is 11.6 Å². The van der Waals surface area contributed by atoms with Crippen LogP contribution < -0.4 is 19.9 Å². The van der Waals surface area contributed by atoms with Crippen molar-refractivity contribution >= 4 is 5.97 Å². The lowest BCUT2D eigenvalue weighted by atomic mass is 10.0. The van der Waals surface area contributed by atoms with Gasteiger partial charge in [-0.25, -0.2) is 0 Å². The minimum absolute atomic E-state index is 0.120. The maximum absolute atomic E-state index is 14.1. The fourth-order valence-electron chi connectivity index (χ4n) is 1.73. The highest BCUT2D eigenvalue weighted by atomic mass is 19.1. The van der Waals surface area contributed by atoms with Gasteiger partial charge in [-0.1, -0.05) is 0 Å². The van der Waals surface area contributed by atoms with E-state index in [0.29, 0.717) is 0 Å². The summed E-state index contributed by atoms with van der Waals surface area (Å²) in [4.78, 5) is 10.7. The number of nitrogens with two attached hydrogens (primary N) is 1. The van der Waals surface area contributed by atoms with Crippen molar-refractivity contribution in [1.82, 2.24) is 0 Å². The Morgan fingerprint density at radius 3 is 2.32 bits per heavy atom. The Morgan fingerprint density at radius 1 is 1.32 bits per heavy atom. The van der Waals surface area contributed by atoms with Gasteiger partial charge in [-0.2, -0.15) is 4.39 Å². The highest BCUT2D eigenvalue weighted by Crippen LogP contribution is 2.41. The Balaban J connectivity index is 3.38. The van der Waals surface area contributed by atoms with Crippen LogP contribution in [0.25, 0.3) is 0 Å². The highest BCUT2D eigenvalue weighted by Gasteiger charge is 2.24. The predicted octanol–water partition coefficient (Wildman–Crippen LogP) is 1.33. The lowest BCUT2D eigenvalue weighted by molar-refractivity contribution is -0.137. The van der Waals surface area contributed by atoms with E-state index in [9.17, 15) is 9.18 Å². The van der Waals surface area contributed by atoms with Crippen molar-refractivity contribution in [3.63, 3.8) is 0 Å². The molecule has 6 nitrogen and oxygen atoms in total. The molecule has 1 rings (SSSR count). The zero-order valence-electron chi connectivity index (χ0n) is 10.9. The molecule has 0 heterocycles. The van der Waals surface area contributed by atoms with Crippen LogP contribution >= 0.6 is 0 Å². The van der Waals surface area contributed by atoms with Crippen molar-refractivity contribution in [1.29, 1.82) is 0 Å². The first kappa shape index (κ1) is 15.0. The summed E-state index contributed by atoms with van der Waals surface area (Å²) < 4.78 is 29.0. The third-order valence-electron chi connectivity index (χ3n) is 2.59. The maximum Gasteiger partial charge on any atom is 0.305 e. The van der Waals surface area contributed by atoms with Crippen molar-refractivity contribution < 1.29 is 28.5 Å². The van der Waals surface area contributed by atoms with Gasteiger partial charge in [0.25, 0.3) is 0 Å². The normalized spacial score (nSPS) is 11.8. The largest absolute Gasteiger partial charge is 0.493 e. The lowest BCUT2D eigenvalue weighted by Gasteiger charge is -2.18. The van der Waals surface area contributed by atoms with Gasteiger partial charge in [-0.05, 0) is 6.07 Å². The van der Waals surface area contributed by atoms with E-state index in [-0.39, 0.29) is 29.2 Å². The Labute approximate surface area is 109 Å². The summed E-state index contributed by atoms with van der Waals surface area (Å²) >= 11 is 0. The Bertz CT molecular complexity index is 478. The molecule has 0 amide bonds. The highest BCUT2D eigenvalue weighted by molar-refractivity contribution is 5.68. The van der Waals surface area contributed by atoms with E-state index in [1.165, 1.54) is 27.4 Å². The quantitative estimate of drug-likeness (QED) is 0.812. The van der Waals surface area contributed by atoms with Crippen LogP contribution in [-0.2, 0) is 4.79 Å². The molecule has 0 aromatic heterocycles. The average molecular weight is 273 g/mol. The van der Waals surface area contributed by atoms with Crippen molar-refractivity contribution in [3.05, 3.63) is 17.4 Å². The zero-order chi connectivity index (χ0) is 14.6. The van der Waals surface area contributed by atoms with Gasteiger partial charge in [0.2, 0.25) is 11.6 Å². The Kier molecular flexibility index (Phi) is 4.94. The molecule has 0 fully saturated rings. The van der Waals surface area contributed by atoms with Gasteiger partial charge in [0.15, 0.2) is 11.5 Å². The molecule has 106 valence electrons. The molecule has 1 aromatic carbocycles. The predicted molar refractivity (Wildman–Crippen MR) is 65.2 cm³/mol. The van der Waals surface area contributed by atoms with Crippen LogP contribution in [0.15, 0.2) is 6.07 Å². The number of aliphatic carboxylic acids is 1. The lowest BCUT2D eigenvalue weighted by Crippen LogP contribution is -2.17. The van der Waals surface area contributed by atoms with Crippen LogP contribution in [-0.4, -0.2) is 32.4 Å². The number of carbonyl (C=O) groups is 1. The molecule has 1 unspecified atom stereocenters. The third-order valence-corrected chi connectivity index (χ3v) is 2.59. The average Bonchev–Trinajstić information content (AvgIpc) is 2.36. The molecule has 7 heteroatoms. The first-order valence-electron chi connectivity index (χ1n) is 5.41. The topological polar surface area (TPSA) is 91.0 Å². The summed E-state index contributed by atoms with van der Waals surface area (Å²) in [5.74, 6) is -2.02. The molecular weight excluding hydrogens is 257 g/mol. The second-order valence-electron chi connectivity index (χ2n) is 3.75. The van der Waals surface area contributed by atoms with Crippen LogP contribution in [0.5, 0.6) is 17.2 Å². The first-order valence-corrected chi connectivity index (χ1v) is 5.41. The van der Waals surface area contributed by atoms with Gasteiger partial charge in [0.05, 0.1) is 27.8 Å². The SMILES string of the molecule is COc1cc(C(N)CC(=O)O)c(OC)c(F)c1OC. The minimum atomic E-state index is -1.09. The van der Waals surface area contributed by atoms with Crippen LogP contribution in [0, 0.1) is 5.82 Å². The van der Waals surface area contributed by atoms with Crippen molar-refractivity contribution in [2.45, 2.75) is 12.5 Å². The van der Waals surface area contributed by atoms with Crippen molar-refractivity contribution in [2.24, 2.45) is 5.73 Å². The summed E-state index contributed by atoms with van der Waals surface area (Å²) in [5.41, 5.74) is 5.94. The van der Waals surface area contributed by atoms with E-state index in [2.05, 4.69) is 0 Å². The van der Waals surface area contributed by atoms with Gasteiger partial charge < -0.3 is 25.1 Å². The second-order valence-corrected chi connectivity index (χ2v) is 3.75. The molecule has 0 aliphatic heterocycles. The van der Waals surface area contributed by atoms with Crippen LogP contribution in [0.4, 0.5) is 4.39 Å². The number of ether oxygens (including phenoxy) is 3. The molecule has 19 heavy (non-hydrogen) atoms. The molecule has 0 saturated carbocycles. The fourth-order valence-corrected chi connectivity index (χ4v) is 1.73. The second kappa shape index (κ2) is 6.24. The van der Waals surface area contributed by atoms with Crippen LogP contribution in [0.1, 0.15) is 18.0 Å². The van der Waals surface area contributed by atoms with Crippen LogP contribution in [0.2, 0.25) is 0 Å². The van der Waals surface area contributed by atoms with E-state index in [0.717, 1.165) is 0 Å². The minimum Gasteiger partial charge on any atom is -0.493 e. The Hall–Kier alpha value is -2.02. The molecule has 0 spiro atoms. The molecule has 1 atom stereocenters. The van der Waals surface area contributed by atoms with Crippen LogP contribution in [0.3, 0.4) is 0 Å². The zero-order valence-corrected chi connectivity index (χ0v) is 10.9. The molecule has 1 aromatic rings. The number of carboxylic acids is 1. The van der Waals surface area contributed by atoms with Gasteiger partial charge in [0.1, 0.15) is 0 Å². The number of carboxylic acid groups (broad SMARTS) is 1. The fraction of sp³-hybridized carbons (Fsp3) is 0.417. The van der Waals surface area contributed by atoms with E-state index in [1.54, 1.807) is 0 Å². The molecule has 0 bridgehead atoms. The third kappa shape index (κ3) is 3.05. The van der Waals surface area contributed by atoms with E-state index in [4.69, 9.17) is 25.1 Å². The molecule has 0 saturated heterocycles. The molecular formula is C12H16FNO5. The summed E-state index contributed by atoms with van der Waals surface area (Å²) in [6.45, 7) is 0. The van der Waals surface area contributed by atoms with E-state index in [1.807, 2.05) is 0 Å². The molecule has 0 aliphatic rings. The van der Waals surface area contributed by atoms with E-state index >= 15 is 0 Å². The molecule has 3 N–H and O–H groups in total. The maximum atomic E-state index is 14.1.